The highest BCUT2D eigenvalue weighted by molar-refractivity contribution is 7.14. The third-order valence-corrected chi connectivity index (χ3v) is 4.27. The predicted octanol–water partition coefficient (Wildman–Crippen LogP) is 2.25. The monoisotopic (exact) mass is 326 g/mol. The van der Waals surface area contributed by atoms with Crippen LogP contribution in [0.4, 0.5) is 9.80 Å². The number of nitrogens with zero attached hydrogens (tertiary/aromatic N) is 1. The minimum absolute atomic E-state index is 0.182. The molecule has 8 heteroatoms. The number of ether oxygens (including phenoxy) is 1. The van der Waals surface area contributed by atoms with Gasteiger partial charge in [0, 0.05) is 13.1 Å². The van der Waals surface area contributed by atoms with Crippen molar-refractivity contribution in [3.8, 4) is 0 Å². The van der Waals surface area contributed by atoms with Crippen LogP contribution in [0.1, 0.15) is 30.1 Å². The van der Waals surface area contributed by atoms with E-state index in [4.69, 9.17) is 9.84 Å². The van der Waals surface area contributed by atoms with Crippen LogP contribution < -0.4 is 5.32 Å². The van der Waals surface area contributed by atoms with E-state index in [1.165, 1.54) is 16.2 Å². The van der Waals surface area contributed by atoms with Gasteiger partial charge < -0.3 is 14.7 Å². The predicted molar refractivity (Wildman–Crippen MR) is 81.2 cm³/mol. The number of piperidine rings is 1. The fourth-order valence-corrected chi connectivity index (χ4v) is 3.08. The molecule has 0 aromatic carbocycles. The van der Waals surface area contributed by atoms with Gasteiger partial charge in [-0.1, -0.05) is 0 Å². The average Bonchev–Trinajstić information content (AvgIpc) is 2.95. The van der Waals surface area contributed by atoms with Gasteiger partial charge in [0.25, 0.3) is 0 Å². The molecule has 0 spiro atoms. The highest BCUT2D eigenvalue weighted by Crippen LogP contribution is 2.25. The Hall–Kier alpha value is -2.09. The Morgan fingerprint density at radius 2 is 2.27 bits per heavy atom. The summed E-state index contributed by atoms with van der Waals surface area (Å²) in [6.45, 7) is 2.66. The molecular weight excluding hydrogens is 308 g/mol. The van der Waals surface area contributed by atoms with Gasteiger partial charge in [-0.3, -0.25) is 10.1 Å². The highest BCUT2D eigenvalue weighted by Gasteiger charge is 2.28. The van der Waals surface area contributed by atoms with Gasteiger partial charge in [-0.2, -0.15) is 0 Å². The van der Waals surface area contributed by atoms with Crippen molar-refractivity contribution in [3.63, 3.8) is 0 Å². The number of carboxylic acid groups (broad SMARTS) is 1. The first-order chi connectivity index (χ1) is 10.5. The molecule has 120 valence electrons. The van der Waals surface area contributed by atoms with E-state index in [-0.39, 0.29) is 19.2 Å². The van der Waals surface area contributed by atoms with Crippen LogP contribution in [0.3, 0.4) is 0 Å². The molecule has 2 N–H and O–H groups in total. The van der Waals surface area contributed by atoms with Crippen LogP contribution in [0.2, 0.25) is 0 Å². The first-order valence-corrected chi connectivity index (χ1v) is 7.94. The van der Waals surface area contributed by atoms with Crippen molar-refractivity contribution < 1.29 is 24.2 Å². The molecular formula is C14H18N2O5S. The lowest BCUT2D eigenvalue weighted by molar-refractivity contribution is -0.143. The van der Waals surface area contributed by atoms with Gasteiger partial charge in [0.15, 0.2) is 0 Å². The summed E-state index contributed by atoms with van der Waals surface area (Å²) in [7, 11) is 0. The maximum absolute atomic E-state index is 12.2. The van der Waals surface area contributed by atoms with Crippen LogP contribution in [-0.2, 0) is 9.53 Å². The maximum Gasteiger partial charge on any atom is 0.341 e. The van der Waals surface area contributed by atoms with Crippen molar-refractivity contribution in [2.75, 3.05) is 25.0 Å². The van der Waals surface area contributed by atoms with Gasteiger partial charge in [-0.25, -0.2) is 9.59 Å². The Kier molecular flexibility index (Phi) is 5.37. The molecule has 1 unspecified atom stereocenters. The van der Waals surface area contributed by atoms with Gasteiger partial charge in [0.05, 0.1) is 18.1 Å². The molecule has 1 aliphatic rings. The van der Waals surface area contributed by atoms with Crippen LogP contribution in [0.25, 0.3) is 0 Å². The van der Waals surface area contributed by atoms with Gasteiger partial charge in [-0.15, -0.1) is 11.3 Å². The number of nitrogens with one attached hydrogen (secondary N) is 1. The molecule has 2 heterocycles. The van der Waals surface area contributed by atoms with Crippen LogP contribution in [0.15, 0.2) is 11.4 Å². The van der Waals surface area contributed by atoms with Crippen LogP contribution >= 0.6 is 11.3 Å². The number of esters is 1. The minimum atomic E-state index is -0.888. The molecule has 1 fully saturated rings. The van der Waals surface area contributed by atoms with Crippen molar-refractivity contribution in [3.05, 3.63) is 17.0 Å². The number of carboxylic acids is 1. The Morgan fingerprint density at radius 3 is 2.95 bits per heavy atom. The smallest absolute Gasteiger partial charge is 0.341 e. The number of thiophene rings is 1. The SMILES string of the molecule is CCOC(=O)c1ccsc1NC(=O)N1CCCC(C(=O)O)C1. The van der Waals surface area contributed by atoms with Crippen molar-refractivity contribution in [2.45, 2.75) is 19.8 Å². The number of anilines is 1. The third kappa shape index (κ3) is 3.76. The summed E-state index contributed by atoms with van der Waals surface area (Å²) < 4.78 is 4.93. The Labute approximate surface area is 131 Å². The fraction of sp³-hybridized carbons (Fsp3) is 0.500. The van der Waals surface area contributed by atoms with Crippen molar-refractivity contribution in [2.24, 2.45) is 5.92 Å². The largest absolute Gasteiger partial charge is 0.481 e. The zero-order valence-electron chi connectivity index (χ0n) is 12.2. The van der Waals surface area contributed by atoms with E-state index in [9.17, 15) is 14.4 Å². The molecule has 2 amide bonds. The second kappa shape index (κ2) is 7.26. The Balaban J connectivity index is 2.02. The topological polar surface area (TPSA) is 95.9 Å². The van der Waals surface area contributed by atoms with Gasteiger partial charge in [0.1, 0.15) is 5.00 Å². The average molecular weight is 326 g/mol. The number of amides is 2. The number of hydrogen-bond acceptors (Lipinski definition) is 5. The Morgan fingerprint density at radius 1 is 1.50 bits per heavy atom. The van der Waals surface area contributed by atoms with E-state index >= 15 is 0 Å². The lowest BCUT2D eigenvalue weighted by Gasteiger charge is -2.30. The number of urea groups is 1. The lowest BCUT2D eigenvalue weighted by atomic mass is 9.99. The molecule has 0 aliphatic carbocycles. The molecule has 0 bridgehead atoms. The zero-order chi connectivity index (χ0) is 16.1. The summed E-state index contributed by atoms with van der Waals surface area (Å²) in [6, 6.07) is 1.20. The van der Waals surface area contributed by atoms with Crippen molar-refractivity contribution >= 4 is 34.3 Å². The second-order valence-electron chi connectivity index (χ2n) is 4.94. The van der Waals surface area contributed by atoms with Gasteiger partial charge >= 0.3 is 18.0 Å². The zero-order valence-corrected chi connectivity index (χ0v) is 13.0. The van der Waals surface area contributed by atoms with E-state index < -0.39 is 17.9 Å². The van der Waals surface area contributed by atoms with Gasteiger partial charge in [-0.05, 0) is 31.2 Å². The van der Waals surface area contributed by atoms with E-state index in [0.29, 0.717) is 30.0 Å². The fourth-order valence-electron chi connectivity index (χ4n) is 2.32. The molecule has 22 heavy (non-hydrogen) atoms. The highest BCUT2D eigenvalue weighted by atomic mass is 32.1. The number of carbonyl (C=O) groups is 3. The van der Waals surface area contributed by atoms with E-state index in [1.807, 2.05) is 0 Å². The quantitative estimate of drug-likeness (QED) is 0.827. The summed E-state index contributed by atoms with van der Waals surface area (Å²) >= 11 is 1.23. The number of carbonyl (C=O) groups excluding carboxylic acids is 2. The number of rotatable bonds is 4. The molecule has 2 rings (SSSR count). The summed E-state index contributed by atoms with van der Waals surface area (Å²) in [4.78, 5) is 36.5. The minimum Gasteiger partial charge on any atom is -0.481 e. The standard InChI is InChI=1S/C14H18N2O5S/c1-2-21-13(19)10-5-7-22-11(10)15-14(20)16-6-3-4-9(8-16)12(17)18/h5,7,9H,2-4,6,8H2,1H3,(H,15,20)(H,17,18). The molecule has 0 saturated carbocycles. The molecule has 1 atom stereocenters. The maximum atomic E-state index is 12.2. The van der Waals surface area contributed by atoms with Crippen LogP contribution in [0.5, 0.6) is 0 Å². The van der Waals surface area contributed by atoms with Crippen molar-refractivity contribution in [1.29, 1.82) is 0 Å². The number of likely N-dealkylation sites (tertiary alicyclic amines) is 1. The van der Waals surface area contributed by atoms with Crippen LogP contribution in [-0.4, -0.2) is 47.7 Å². The summed E-state index contributed by atoms with van der Waals surface area (Å²) in [5, 5.41) is 13.8. The Bertz CT molecular complexity index is 571. The van der Waals surface area contributed by atoms with Gasteiger partial charge in [0.2, 0.25) is 0 Å². The molecule has 1 aliphatic heterocycles. The summed E-state index contributed by atoms with van der Waals surface area (Å²) in [5.74, 6) is -1.91. The number of hydrogen-bond donors (Lipinski definition) is 2. The van der Waals surface area contributed by atoms with E-state index in [0.717, 1.165) is 0 Å². The summed E-state index contributed by atoms with van der Waals surface area (Å²) in [6.07, 6.45) is 1.23. The van der Waals surface area contributed by atoms with Crippen molar-refractivity contribution in [1.82, 2.24) is 4.90 Å². The second-order valence-corrected chi connectivity index (χ2v) is 5.85. The summed E-state index contributed by atoms with van der Waals surface area (Å²) in [5.41, 5.74) is 0.312. The molecule has 1 aromatic rings. The van der Waals surface area contributed by atoms with E-state index in [1.54, 1.807) is 18.4 Å². The van der Waals surface area contributed by atoms with E-state index in [2.05, 4.69) is 5.32 Å². The first-order valence-electron chi connectivity index (χ1n) is 7.06. The normalized spacial score (nSPS) is 17.9. The molecule has 0 radical (unpaired) electrons. The molecule has 7 nitrogen and oxygen atoms in total. The lowest BCUT2D eigenvalue weighted by Crippen LogP contribution is -2.44. The molecule has 1 saturated heterocycles. The third-order valence-electron chi connectivity index (χ3n) is 3.44. The first kappa shape index (κ1) is 16.3. The number of aliphatic carboxylic acids is 1. The van der Waals surface area contributed by atoms with Crippen LogP contribution in [0, 0.1) is 5.92 Å². The molecule has 1 aromatic heterocycles.